The molecule has 0 aromatic carbocycles. The number of aliphatic hydroxyl groups excluding tert-OH is 5. The van der Waals surface area contributed by atoms with Gasteiger partial charge >= 0.3 is 6.09 Å². The summed E-state index contributed by atoms with van der Waals surface area (Å²) in [6.07, 6.45) is -11.9. The zero-order valence-corrected chi connectivity index (χ0v) is 18.2. The third-order valence-corrected chi connectivity index (χ3v) is 5.20. The van der Waals surface area contributed by atoms with Crippen molar-refractivity contribution in [1.82, 2.24) is 5.32 Å². The number of carbonyl (C=O) groups is 1. The maximum absolute atomic E-state index is 12.1. The molecule has 0 aromatic heterocycles. The summed E-state index contributed by atoms with van der Waals surface area (Å²) in [4.78, 5) is 17.4. The van der Waals surface area contributed by atoms with Crippen molar-refractivity contribution in [3.63, 3.8) is 0 Å². The van der Waals surface area contributed by atoms with Gasteiger partial charge in [0.05, 0.1) is 30.9 Å². The first-order chi connectivity index (χ1) is 15.4. The van der Waals surface area contributed by atoms with Crippen LogP contribution in [0.15, 0.2) is 10.2 Å². The summed E-state index contributed by atoms with van der Waals surface area (Å²) in [5.74, 6) is 0. The molecule has 2 rings (SSSR count). The molecule has 1 saturated carbocycles. The molecule has 16 heteroatoms. The molecule has 16 nitrogen and oxygen atoms in total. The molecule has 6 N–H and O–H groups in total. The molecule has 6 unspecified atom stereocenters. The monoisotopic (exact) mass is 475 g/mol. The molecular weight excluding hydrogens is 446 g/mol. The quantitative estimate of drug-likeness (QED) is 0.159. The Bertz CT molecular complexity index is 783. The van der Waals surface area contributed by atoms with Crippen molar-refractivity contribution in [1.29, 1.82) is 0 Å². The summed E-state index contributed by atoms with van der Waals surface area (Å²) in [6.45, 7) is 4.21. The summed E-state index contributed by atoms with van der Waals surface area (Å²) < 4.78 is 16.2. The molecule has 10 atom stereocenters. The predicted octanol–water partition coefficient (Wildman–Crippen LogP) is -0.813. The molecule has 186 valence electrons. The van der Waals surface area contributed by atoms with Crippen LogP contribution in [0, 0.1) is 0 Å². The minimum absolute atomic E-state index is 0.167. The fraction of sp³-hybridized carbons (Fsp3) is 0.941. The van der Waals surface area contributed by atoms with Crippen molar-refractivity contribution in [3.05, 3.63) is 20.9 Å². The van der Waals surface area contributed by atoms with E-state index in [1.807, 2.05) is 0 Å². The average Bonchev–Trinajstić information content (AvgIpc) is 2.72. The van der Waals surface area contributed by atoms with Gasteiger partial charge in [0, 0.05) is 9.82 Å². The molecule has 0 aromatic rings. The lowest BCUT2D eigenvalue weighted by Crippen LogP contribution is -2.64. The van der Waals surface area contributed by atoms with Crippen molar-refractivity contribution in [3.8, 4) is 0 Å². The third kappa shape index (κ3) is 6.57. The fourth-order valence-corrected chi connectivity index (χ4v) is 3.66. The molecule has 0 bridgehead atoms. The highest BCUT2D eigenvalue weighted by molar-refractivity contribution is 5.68. The number of alkyl carbamates (subject to hydrolysis) is 1. The topological polar surface area (TPSA) is 255 Å². The van der Waals surface area contributed by atoms with Crippen LogP contribution >= 0.6 is 0 Å². The van der Waals surface area contributed by atoms with Crippen molar-refractivity contribution in [2.24, 2.45) is 10.2 Å². The Morgan fingerprint density at radius 1 is 1.09 bits per heavy atom. The number of nitrogens with one attached hydrogen (secondary N) is 1. The molecule has 1 amide bonds. The fourth-order valence-electron chi connectivity index (χ4n) is 3.66. The number of azide groups is 2. The van der Waals surface area contributed by atoms with E-state index in [-0.39, 0.29) is 6.42 Å². The molecule has 1 aliphatic heterocycles. The lowest BCUT2D eigenvalue weighted by Gasteiger charge is -2.45. The summed E-state index contributed by atoms with van der Waals surface area (Å²) >= 11 is 0. The highest BCUT2D eigenvalue weighted by Gasteiger charge is 2.50. The molecule has 0 radical (unpaired) electrons. The molecule has 33 heavy (non-hydrogen) atoms. The lowest BCUT2D eigenvalue weighted by atomic mass is 9.84. The molecular formula is C17H29N7O9. The van der Waals surface area contributed by atoms with E-state index in [1.54, 1.807) is 20.8 Å². The van der Waals surface area contributed by atoms with Crippen LogP contribution in [-0.2, 0) is 14.2 Å². The van der Waals surface area contributed by atoms with Gasteiger partial charge in [0.2, 0.25) is 0 Å². The predicted molar refractivity (Wildman–Crippen MR) is 108 cm³/mol. The van der Waals surface area contributed by atoms with Crippen molar-refractivity contribution in [2.75, 3.05) is 6.61 Å². The van der Waals surface area contributed by atoms with Gasteiger partial charge in [-0.1, -0.05) is 10.2 Å². The maximum atomic E-state index is 12.1. The molecule has 2 fully saturated rings. The minimum Gasteiger partial charge on any atom is -0.444 e. The van der Waals surface area contributed by atoms with Crippen molar-refractivity contribution < 1.29 is 44.5 Å². The second-order valence-corrected chi connectivity index (χ2v) is 8.74. The zero-order valence-electron chi connectivity index (χ0n) is 18.2. The van der Waals surface area contributed by atoms with Crippen LogP contribution in [0.2, 0.25) is 0 Å². The average molecular weight is 475 g/mol. The van der Waals surface area contributed by atoms with Gasteiger partial charge in [-0.15, -0.1) is 0 Å². The van der Waals surface area contributed by atoms with E-state index in [0.717, 1.165) is 0 Å². The normalized spacial score (nSPS) is 39.0. The Balaban J connectivity index is 2.24. The van der Waals surface area contributed by atoms with E-state index in [4.69, 9.17) is 25.3 Å². The summed E-state index contributed by atoms with van der Waals surface area (Å²) in [5.41, 5.74) is 16.9. The number of rotatable bonds is 6. The maximum Gasteiger partial charge on any atom is 0.407 e. The van der Waals surface area contributed by atoms with Gasteiger partial charge in [-0.2, -0.15) is 0 Å². The molecule has 1 aliphatic carbocycles. The van der Waals surface area contributed by atoms with E-state index < -0.39 is 79.3 Å². The Hall–Kier alpha value is -2.39. The van der Waals surface area contributed by atoms with Crippen LogP contribution in [0.5, 0.6) is 0 Å². The third-order valence-electron chi connectivity index (χ3n) is 5.20. The van der Waals surface area contributed by atoms with Crippen LogP contribution in [0.1, 0.15) is 27.2 Å². The zero-order chi connectivity index (χ0) is 24.9. The lowest BCUT2D eigenvalue weighted by molar-refractivity contribution is -0.294. The Kier molecular flexibility index (Phi) is 9.08. The number of hydrogen-bond acceptors (Lipinski definition) is 11. The van der Waals surface area contributed by atoms with Crippen LogP contribution in [0.25, 0.3) is 20.9 Å². The Morgan fingerprint density at radius 3 is 2.27 bits per heavy atom. The first kappa shape index (κ1) is 26.9. The Morgan fingerprint density at radius 2 is 1.73 bits per heavy atom. The van der Waals surface area contributed by atoms with Gasteiger partial charge in [-0.25, -0.2) is 4.79 Å². The molecule has 2 aliphatic rings. The van der Waals surface area contributed by atoms with E-state index in [0.29, 0.717) is 0 Å². The Labute approximate surface area is 188 Å². The number of aliphatic hydroxyl groups is 5. The first-order valence-electron chi connectivity index (χ1n) is 10.2. The SMILES string of the molecule is CC(C)(C)OC(=O)N[C@@H]1CC(N=[N+]=[N-])[C@@H](O[C@H]2OC(CO)[C@@H](O)C(O)C2N=[N+]=[N-])C(O)C1O. The summed E-state index contributed by atoms with van der Waals surface area (Å²) in [6, 6.07) is -3.69. The number of hydrogen-bond donors (Lipinski definition) is 6. The smallest absolute Gasteiger partial charge is 0.407 e. The largest absolute Gasteiger partial charge is 0.444 e. The van der Waals surface area contributed by atoms with Crippen LogP contribution in [-0.4, -0.2) is 105 Å². The second kappa shape index (κ2) is 11.2. The van der Waals surface area contributed by atoms with Crippen molar-refractivity contribution >= 4 is 6.09 Å². The molecule has 1 saturated heterocycles. The van der Waals surface area contributed by atoms with Gasteiger partial charge in [-0.3, -0.25) is 0 Å². The highest BCUT2D eigenvalue weighted by atomic mass is 16.7. The van der Waals surface area contributed by atoms with E-state index >= 15 is 0 Å². The number of carbonyl (C=O) groups excluding carboxylic acids is 1. The first-order valence-corrected chi connectivity index (χ1v) is 10.2. The standard InChI is InChI=1S/C17H29N7O9/c1-17(2,3)33-16(30)20-6-4-7(21-23-18)14(13(29)10(6)26)32-15-9(22-24-19)12(28)11(27)8(5-25)31-15/h6-15,25-29H,4-5H2,1-3H3,(H,20,30)/t6-,7?,8?,9?,10?,11-,12?,13?,14-,15-/m1/s1. The number of amides is 1. The number of nitrogens with zero attached hydrogens (tertiary/aromatic N) is 6. The van der Waals surface area contributed by atoms with Gasteiger partial charge < -0.3 is 45.1 Å². The summed E-state index contributed by atoms with van der Waals surface area (Å²) in [7, 11) is 0. The van der Waals surface area contributed by atoms with Gasteiger partial charge in [-0.05, 0) is 38.3 Å². The van der Waals surface area contributed by atoms with Crippen LogP contribution < -0.4 is 5.32 Å². The van der Waals surface area contributed by atoms with Gasteiger partial charge in [0.1, 0.15) is 36.1 Å². The van der Waals surface area contributed by atoms with Crippen LogP contribution in [0.4, 0.5) is 4.79 Å². The number of ether oxygens (including phenoxy) is 3. The summed E-state index contributed by atoms with van der Waals surface area (Å²) in [5, 5.41) is 60.2. The van der Waals surface area contributed by atoms with Crippen LogP contribution in [0.3, 0.4) is 0 Å². The highest BCUT2D eigenvalue weighted by Crippen LogP contribution is 2.31. The van der Waals surface area contributed by atoms with E-state index in [9.17, 15) is 30.3 Å². The molecule has 0 spiro atoms. The van der Waals surface area contributed by atoms with Gasteiger partial charge in [0.25, 0.3) is 0 Å². The second-order valence-electron chi connectivity index (χ2n) is 8.74. The van der Waals surface area contributed by atoms with Crippen molar-refractivity contribution in [2.45, 2.75) is 93.8 Å². The van der Waals surface area contributed by atoms with Gasteiger partial charge in [0.15, 0.2) is 6.29 Å². The van der Waals surface area contributed by atoms with E-state index in [1.165, 1.54) is 0 Å². The minimum atomic E-state index is -1.72. The molecule has 1 heterocycles. The van der Waals surface area contributed by atoms with E-state index in [2.05, 4.69) is 25.4 Å².